The predicted octanol–water partition coefficient (Wildman–Crippen LogP) is 8.01. The minimum atomic E-state index is -0.134. The molecule has 0 aliphatic rings. The summed E-state index contributed by atoms with van der Waals surface area (Å²) in [4.78, 5) is 0. The molecule has 0 amide bonds. The van der Waals surface area contributed by atoms with Crippen molar-refractivity contribution in [1.82, 2.24) is 0 Å². The maximum absolute atomic E-state index is 11.1. The number of phenolic OH excluding ortho intramolecular Hbond substituents is 1. The van der Waals surface area contributed by atoms with Crippen molar-refractivity contribution < 1.29 is 5.11 Å². The molecule has 0 aromatic heterocycles. The minimum absolute atomic E-state index is 0.134. The Morgan fingerprint density at radius 1 is 0.700 bits per heavy atom. The van der Waals surface area contributed by atoms with Crippen LogP contribution in [0.5, 0.6) is 5.75 Å². The smallest absolute Gasteiger partial charge is 0.123 e. The van der Waals surface area contributed by atoms with Gasteiger partial charge in [-0.25, -0.2) is 0 Å². The highest BCUT2D eigenvalue weighted by Gasteiger charge is 2.28. The van der Waals surface area contributed by atoms with Gasteiger partial charge in [0.05, 0.1) is 5.25 Å². The highest BCUT2D eigenvalue weighted by atomic mass is 32.2. The summed E-state index contributed by atoms with van der Waals surface area (Å²) >= 11 is 1.94. The van der Waals surface area contributed by atoms with Gasteiger partial charge >= 0.3 is 0 Å². The second-order valence-corrected chi connectivity index (χ2v) is 11.1. The molecule has 1 nitrogen and oxygen atoms in total. The van der Waals surface area contributed by atoms with E-state index in [0.29, 0.717) is 5.75 Å². The Morgan fingerprint density at radius 2 is 1.17 bits per heavy atom. The zero-order chi connectivity index (χ0) is 21.9. The Labute approximate surface area is 186 Å². The molecule has 1 unspecified atom stereocenters. The Bertz CT molecular complexity index is 928. The first-order chi connectivity index (χ1) is 14.1. The van der Waals surface area contributed by atoms with Gasteiger partial charge in [-0.1, -0.05) is 114 Å². The lowest BCUT2D eigenvalue weighted by molar-refractivity contribution is 0.423. The number of rotatable bonds is 5. The molecule has 0 saturated carbocycles. The van der Waals surface area contributed by atoms with Crippen LogP contribution in [0.15, 0.2) is 72.8 Å². The van der Waals surface area contributed by atoms with Crippen LogP contribution >= 0.6 is 11.8 Å². The molecule has 3 aromatic carbocycles. The summed E-state index contributed by atoms with van der Waals surface area (Å²) in [6.45, 7) is 13.0. The van der Waals surface area contributed by atoms with Crippen LogP contribution in [0.25, 0.3) is 0 Å². The maximum atomic E-state index is 11.1. The van der Waals surface area contributed by atoms with E-state index in [2.05, 4.69) is 114 Å². The van der Waals surface area contributed by atoms with Crippen LogP contribution in [0.4, 0.5) is 0 Å². The molecule has 0 spiro atoms. The fourth-order valence-electron chi connectivity index (χ4n) is 3.72. The van der Waals surface area contributed by atoms with Gasteiger partial charge in [-0.15, -0.1) is 11.8 Å². The fourth-order valence-corrected chi connectivity index (χ4v) is 4.95. The standard InChI is InChI=1S/C28H34OS/c1-27(2,3)23-17-22(18-24(25(23)29)28(4,5)6)26(21-15-11-8-12-16-21)30-19-20-13-9-7-10-14-20/h7-18,26,29H,19H2,1-6H3/i25+1. The fraction of sp³-hybridized carbons (Fsp3) is 0.357. The predicted molar refractivity (Wildman–Crippen MR) is 132 cm³/mol. The van der Waals surface area contributed by atoms with Gasteiger partial charge < -0.3 is 5.11 Å². The molecule has 0 aliphatic heterocycles. The van der Waals surface area contributed by atoms with Crippen LogP contribution in [0.1, 0.15) is 74.6 Å². The lowest BCUT2D eigenvalue weighted by Crippen LogP contribution is -2.18. The van der Waals surface area contributed by atoms with Crippen LogP contribution in [0.3, 0.4) is 0 Å². The van der Waals surface area contributed by atoms with E-state index >= 15 is 0 Å². The second-order valence-electron chi connectivity index (χ2n) is 10.1. The van der Waals surface area contributed by atoms with Crippen LogP contribution in [-0.4, -0.2) is 5.11 Å². The molecular weight excluding hydrogens is 385 g/mol. The maximum Gasteiger partial charge on any atom is 0.123 e. The molecule has 0 bridgehead atoms. The number of thioether (sulfide) groups is 1. The minimum Gasteiger partial charge on any atom is -0.507 e. The van der Waals surface area contributed by atoms with Gasteiger partial charge in [-0.05, 0) is 38.6 Å². The van der Waals surface area contributed by atoms with Gasteiger partial charge in [0.2, 0.25) is 0 Å². The normalized spacial score (nSPS) is 13.3. The van der Waals surface area contributed by atoms with Gasteiger partial charge in [-0.3, -0.25) is 0 Å². The molecule has 158 valence electrons. The molecule has 0 radical (unpaired) electrons. The van der Waals surface area contributed by atoms with Crippen molar-refractivity contribution in [2.24, 2.45) is 0 Å². The number of hydrogen-bond donors (Lipinski definition) is 1. The van der Waals surface area contributed by atoms with E-state index in [9.17, 15) is 5.11 Å². The molecule has 0 aliphatic carbocycles. The third-order valence-electron chi connectivity index (χ3n) is 5.41. The van der Waals surface area contributed by atoms with Crippen LogP contribution in [0.2, 0.25) is 0 Å². The molecule has 3 aromatic rings. The lowest BCUT2D eigenvalue weighted by atomic mass is 9.83. The SMILES string of the molecule is CC(C)(C)c1cc(C(SCc2ccccc2)c2ccccc2)cc(C(C)(C)C)[13c]1O. The highest BCUT2D eigenvalue weighted by molar-refractivity contribution is 7.98. The molecule has 0 heterocycles. The second kappa shape index (κ2) is 8.89. The van der Waals surface area contributed by atoms with Gasteiger partial charge in [-0.2, -0.15) is 0 Å². The first kappa shape index (κ1) is 22.5. The largest absolute Gasteiger partial charge is 0.507 e. The van der Waals surface area contributed by atoms with Crippen LogP contribution < -0.4 is 0 Å². The van der Waals surface area contributed by atoms with E-state index in [1.54, 1.807) is 0 Å². The highest BCUT2D eigenvalue weighted by Crippen LogP contribution is 2.45. The molecule has 30 heavy (non-hydrogen) atoms. The lowest BCUT2D eigenvalue weighted by Gasteiger charge is -2.30. The number of benzene rings is 3. The first-order valence-electron chi connectivity index (χ1n) is 10.7. The summed E-state index contributed by atoms with van der Waals surface area (Å²) in [6.07, 6.45) is 0. The zero-order valence-electron chi connectivity index (χ0n) is 19.1. The molecule has 1 N–H and O–H groups in total. The monoisotopic (exact) mass is 419 g/mol. The van der Waals surface area contributed by atoms with E-state index in [1.165, 1.54) is 16.7 Å². The molecule has 2 heteroatoms. The van der Waals surface area contributed by atoms with Crippen molar-refractivity contribution in [1.29, 1.82) is 0 Å². The third kappa shape index (κ3) is 5.29. The number of phenols is 1. The zero-order valence-corrected chi connectivity index (χ0v) is 19.9. The average Bonchev–Trinajstić information content (AvgIpc) is 2.69. The average molecular weight is 420 g/mol. The van der Waals surface area contributed by atoms with Gasteiger partial charge in [0.25, 0.3) is 0 Å². The summed E-state index contributed by atoms with van der Waals surface area (Å²) in [5, 5.41) is 11.3. The quantitative estimate of drug-likeness (QED) is 0.452. The summed E-state index contributed by atoms with van der Waals surface area (Å²) < 4.78 is 0. The van der Waals surface area contributed by atoms with E-state index in [-0.39, 0.29) is 16.1 Å². The Morgan fingerprint density at radius 3 is 1.63 bits per heavy atom. The summed E-state index contributed by atoms with van der Waals surface area (Å²) in [6, 6.07) is 25.8. The van der Waals surface area contributed by atoms with Crippen molar-refractivity contribution in [2.75, 3.05) is 0 Å². The van der Waals surface area contributed by atoms with Crippen molar-refractivity contribution in [3.63, 3.8) is 0 Å². The Hall–Kier alpha value is -2.19. The van der Waals surface area contributed by atoms with E-state index < -0.39 is 0 Å². The summed E-state index contributed by atoms with van der Waals surface area (Å²) in [5.41, 5.74) is 5.65. The van der Waals surface area contributed by atoms with Gasteiger partial charge in [0.15, 0.2) is 0 Å². The molecule has 1 atom stereocenters. The first-order valence-corrected chi connectivity index (χ1v) is 11.7. The Kier molecular flexibility index (Phi) is 6.67. The topological polar surface area (TPSA) is 20.2 Å². The summed E-state index contributed by atoms with van der Waals surface area (Å²) in [7, 11) is 0. The van der Waals surface area contributed by atoms with Crippen LogP contribution in [-0.2, 0) is 16.6 Å². The van der Waals surface area contributed by atoms with Crippen molar-refractivity contribution in [3.05, 3.63) is 101 Å². The molecule has 0 saturated heterocycles. The molecule has 3 rings (SSSR count). The van der Waals surface area contributed by atoms with Crippen molar-refractivity contribution in [2.45, 2.75) is 63.4 Å². The van der Waals surface area contributed by atoms with E-state index in [1.807, 2.05) is 11.8 Å². The Balaban J connectivity index is 2.12. The van der Waals surface area contributed by atoms with Crippen LogP contribution in [0, 0.1) is 0 Å². The van der Waals surface area contributed by atoms with Gasteiger partial charge in [0.1, 0.15) is 5.75 Å². The summed E-state index contributed by atoms with van der Waals surface area (Å²) in [5.74, 6) is 1.38. The third-order valence-corrected chi connectivity index (χ3v) is 6.79. The van der Waals surface area contributed by atoms with Crippen molar-refractivity contribution in [3.8, 4) is 5.75 Å². The van der Waals surface area contributed by atoms with E-state index in [0.717, 1.165) is 16.9 Å². The van der Waals surface area contributed by atoms with Gasteiger partial charge in [0, 0.05) is 5.75 Å². The molecule has 0 fully saturated rings. The van der Waals surface area contributed by atoms with E-state index in [4.69, 9.17) is 0 Å². The number of aromatic hydroxyl groups is 1. The molecular formula is C28H34OS. The number of hydrogen-bond acceptors (Lipinski definition) is 2. The van der Waals surface area contributed by atoms with Crippen molar-refractivity contribution >= 4 is 11.8 Å².